The van der Waals surface area contributed by atoms with E-state index >= 15 is 0 Å². The van der Waals surface area contributed by atoms with E-state index in [1.54, 1.807) is 0 Å². The van der Waals surface area contributed by atoms with Crippen molar-refractivity contribution >= 4 is 0 Å². The minimum atomic E-state index is -0.0437. The van der Waals surface area contributed by atoms with E-state index in [0.29, 0.717) is 6.04 Å². The zero-order chi connectivity index (χ0) is 10.8. The molecule has 0 aliphatic heterocycles. The lowest BCUT2D eigenvalue weighted by molar-refractivity contribution is 0.0625. The summed E-state index contributed by atoms with van der Waals surface area (Å²) in [4.78, 5) is 2.61. The summed E-state index contributed by atoms with van der Waals surface area (Å²) < 4.78 is 0. The van der Waals surface area contributed by atoms with Gasteiger partial charge in [-0.2, -0.15) is 0 Å². The van der Waals surface area contributed by atoms with Crippen molar-refractivity contribution in [2.45, 2.75) is 70.6 Å². The van der Waals surface area contributed by atoms with Crippen molar-refractivity contribution < 1.29 is 5.11 Å². The van der Waals surface area contributed by atoms with Crippen molar-refractivity contribution in [3.05, 3.63) is 0 Å². The first-order chi connectivity index (χ1) is 7.18. The van der Waals surface area contributed by atoms with Crippen LogP contribution in [0.15, 0.2) is 0 Å². The first-order valence-electron chi connectivity index (χ1n) is 6.62. The molecule has 2 nitrogen and oxygen atoms in total. The van der Waals surface area contributed by atoms with Gasteiger partial charge in [-0.3, -0.25) is 4.90 Å². The minimum absolute atomic E-state index is 0.0437. The fourth-order valence-corrected chi connectivity index (χ4v) is 2.74. The van der Waals surface area contributed by atoms with E-state index in [1.165, 1.54) is 38.6 Å². The first-order valence-corrected chi connectivity index (χ1v) is 6.62. The summed E-state index contributed by atoms with van der Waals surface area (Å²) in [5.74, 6) is 0.782. The summed E-state index contributed by atoms with van der Waals surface area (Å²) in [6, 6.07) is 1.29. The van der Waals surface area contributed by atoms with Gasteiger partial charge in [-0.05, 0) is 51.0 Å². The fourth-order valence-electron chi connectivity index (χ4n) is 2.74. The highest BCUT2D eigenvalue weighted by Gasteiger charge is 2.38. The van der Waals surface area contributed by atoms with Crippen LogP contribution in [-0.4, -0.2) is 34.7 Å². The second kappa shape index (κ2) is 4.84. The Balaban J connectivity index is 1.87. The van der Waals surface area contributed by atoms with E-state index in [9.17, 15) is 5.11 Å². The molecule has 0 heterocycles. The van der Waals surface area contributed by atoms with Gasteiger partial charge in [-0.25, -0.2) is 0 Å². The van der Waals surface area contributed by atoms with Gasteiger partial charge in [0.2, 0.25) is 0 Å². The van der Waals surface area contributed by atoms with Gasteiger partial charge >= 0.3 is 0 Å². The molecular formula is C13H25NO. The van der Waals surface area contributed by atoms with Crippen LogP contribution < -0.4 is 0 Å². The summed E-state index contributed by atoms with van der Waals surface area (Å²) in [5.41, 5.74) is 0. The van der Waals surface area contributed by atoms with Gasteiger partial charge < -0.3 is 5.11 Å². The molecule has 0 bridgehead atoms. The van der Waals surface area contributed by atoms with Crippen LogP contribution in [0.5, 0.6) is 0 Å². The van der Waals surface area contributed by atoms with Gasteiger partial charge in [0.25, 0.3) is 0 Å². The quantitative estimate of drug-likeness (QED) is 0.755. The average Bonchev–Trinajstić information content (AvgIpc) is 2.92. The maximum Gasteiger partial charge on any atom is 0.0695 e. The highest BCUT2D eigenvalue weighted by atomic mass is 16.3. The van der Waals surface area contributed by atoms with Crippen molar-refractivity contribution in [1.29, 1.82) is 0 Å². The summed E-state index contributed by atoms with van der Waals surface area (Å²) in [5, 5.41) is 9.96. The minimum Gasteiger partial charge on any atom is -0.391 e. The van der Waals surface area contributed by atoms with Crippen LogP contribution >= 0.6 is 0 Å². The Morgan fingerprint density at radius 3 is 2.40 bits per heavy atom. The van der Waals surface area contributed by atoms with Crippen molar-refractivity contribution in [3.63, 3.8) is 0 Å². The molecule has 0 aromatic heterocycles. The van der Waals surface area contributed by atoms with E-state index in [-0.39, 0.29) is 6.10 Å². The zero-order valence-electron chi connectivity index (χ0n) is 10.2. The number of hydrogen-bond donors (Lipinski definition) is 1. The third kappa shape index (κ3) is 2.94. The monoisotopic (exact) mass is 211 g/mol. The van der Waals surface area contributed by atoms with Crippen LogP contribution in [0.1, 0.15) is 52.4 Å². The van der Waals surface area contributed by atoms with Gasteiger partial charge in [0.05, 0.1) is 6.10 Å². The van der Waals surface area contributed by atoms with E-state index in [0.717, 1.165) is 18.4 Å². The topological polar surface area (TPSA) is 23.5 Å². The van der Waals surface area contributed by atoms with Crippen LogP contribution in [0.2, 0.25) is 0 Å². The Hall–Kier alpha value is -0.0800. The van der Waals surface area contributed by atoms with Crippen molar-refractivity contribution in [1.82, 2.24) is 4.90 Å². The Kier molecular flexibility index (Phi) is 3.68. The number of rotatable bonds is 5. The summed E-state index contributed by atoms with van der Waals surface area (Å²) in [7, 11) is 0. The van der Waals surface area contributed by atoms with Crippen molar-refractivity contribution in [2.24, 2.45) is 5.92 Å². The smallest absolute Gasteiger partial charge is 0.0695 e. The summed E-state index contributed by atoms with van der Waals surface area (Å²) in [6.45, 7) is 5.77. The molecule has 2 aliphatic carbocycles. The standard InChI is InChI=1S/C13H25NO/c1-10(2)8-9-14(11-6-7-11)12-4-3-5-13(12)15/h10-13,15H,3-9H2,1-2H3/t12-,13-/m1/s1. The second-order valence-corrected chi connectivity index (χ2v) is 5.72. The van der Waals surface area contributed by atoms with Gasteiger partial charge in [0.15, 0.2) is 0 Å². The number of hydrogen-bond acceptors (Lipinski definition) is 2. The highest BCUT2D eigenvalue weighted by molar-refractivity contribution is 4.94. The molecule has 0 spiro atoms. The molecule has 1 N–H and O–H groups in total. The van der Waals surface area contributed by atoms with E-state index in [1.807, 2.05) is 0 Å². The SMILES string of the molecule is CC(C)CCN(C1CC1)[C@@H]1CCC[C@H]1O. The Bertz CT molecular complexity index is 201. The normalized spacial score (nSPS) is 31.8. The molecule has 0 radical (unpaired) electrons. The Morgan fingerprint density at radius 2 is 1.93 bits per heavy atom. The van der Waals surface area contributed by atoms with E-state index in [2.05, 4.69) is 18.7 Å². The fraction of sp³-hybridized carbons (Fsp3) is 1.00. The molecule has 15 heavy (non-hydrogen) atoms. The zero-order valence-corrected chi connectivity index (χ0v) is 10.2. The number of nitrogens with zero attached hydrogens (tertiary/aromatic N) is 1. The lowest BCUT2D eigenvalue weighted by Gasteiger charge is -2.31. The van der Waals surface area contributed by atoms with Crippen LogP contribution in [0.4, 0.5) is 0 Å². The molecule has 0 amide bonds. The highest BCUT2D eigenvalue weighted by Crippen LogP contribution is 2.34. The molecule has 2 atom stereocenters. The lowest BCUT2D eigenvalue weighted by Crippen LogP contribution is -2.42. The van der Waals surface area contributed by atoms with Gasteiger partial charge in [-0.15, -0.1) is 0 Å². The third-order valence-electron chi connectivity index (χ3n) is 3.85. The molecule has 88 valence electrons. The first kappa shape index (κ1) is 11.4. The predicted octanol–water partition coefficient (Wildman–Crippen LogP) is 2.41. The van der Waals surface area contributed by atoms with Gasteiger partial charge in [0.1, 0.15) is 0 Å². The maximum atomic E-state index is 9.96. The molecule has 0 aromatic carbocycles. The molecule has 2 aliphatic rings. The van der Waals surface area contributed by atoms with Gasteiger partial charge in [0, 0.05) is 12.1 Å². The molecule has 2 heteroatoms. The summed E-state index contributed by atoms with van der Waals surface area (Å²) in [6.07, 6.45) is 7.42. The predicted molar refractivity (Wildman–Crippen MR) is 62.8 cm³/mol. The molecule has 2 fully saturated rings. The van der Waals surface area contributed by atoms with E-state index in [4.69, 9.17) is 0 Å². The largest absolute Gasteiger partial charge is 0.391 e. The average molecular weight is 211 g/mol. The molecule has 0 saturated heterocycles. The van der Waals surface area contributed by atoms with Crippen molar-refractivity contribution in [2.75, 3.05) is 6.54 Å². The molecule has 0 unspecified atom stereocenters. The second-order valence-electron chi connectivity index (χ2n) is 5.72. The number of aliphatic hydroxyl groups excluding tert-OH is 1. The molecular weight excluding hydrogens is 186 g/mol. The Morgan fingerprint density at radius 1 is 1.20 bits per heavy atom. The number of aliphatic hydroxyl groups is 1. The van der Waals surface area contributed by atoms with Crippen molar-refractivity contribution in [3.8, 4) is 0 Å². The van der Waals surface area contributed by atoms with Gasteiger partial charge in [-0.1, -0.05) is 13.8 Å². The lowest BCUT2D eigenvalue weighted by atomic mass is 10.1. The van der Waals surface area contributed by atoms with Crippen LogP contribution in [-0.2, 0) is 0 Å². The Labute approximate surface area is 93.7 Å². The third-order valence-corrected chi connectivity index (χ3v) is 3.85. The molecule has 2 rings (SSSR count). The maximum absolute atomic E-state index is 9.96. The van der Waals surface area contributed by atoms with Crippen LogP contribution in [0.25, 0.3) is 0 Å². The van der Waals surface area contributed by atoms with E-state index < -0.39 is 0 Å². The van der Waals surface area contributed by atoms with Crippen LogP contribution in [0, 0.1) is 5.92 Å². The van der Waals surface area contributed by atoms with Crippen LogP contribution in [0.3, 0.4) is 0 Å². The molecule has 2 saturated carbocycles. The summed E-state index contributed by atoms with van der Waals surface area (Å²) >= 11 is 0. The molecule has 0 aromatic rings.